The predicted octanol–water partition coefficient (Wildman–Crippen LogP) is 7.66. The van der Waals surface area contributed by atoms with Crippen LogP contribution in [0.15, 0.2) is 66.3 Å². The molecule has 0 amide bonds. The quantitative estimate of drug-likeness (QED) is 0.318. The van der Waals surface area contributed by atoms with E-state index in [4.69, 9.17) is 0 Å². The van der Waals surface area contributed by atoms with Crippen molar-refractivity contribution >= 4 is 22.9 Å². The van der Waals surface area contributed by atoms with Crippen LogP contribution in [0.3, 0.4) is 0 Å². The number of hydrogen-bond acceptors (Lipinski definition) is 4. The van der Waals surface area contributed by atoms with Gasteiger partial charge in [0.2, 0.25) is 0 Å². The topological polar surface area (TPSA) is 86.2 Å². The molecule has 11 radical (unpaired) electrons. The van der Waals surface area contributed by atoms with Gasteiger partial charge in [-0.05, 0) is 110 Å². The Labute approximate surface area is 425 Å². The van der Waals surface area contributed by atoms with E-state index in [1.807, 2.05) is 36.4 Å². The van der Waals surface area contributed by atoms with Crippen molar-refractivity contribution in [2.45, 2.75) is 77.6 Å². The number of benzene rings is 2. The molecule has 7 rings (SSSR count). The van der Waals surface area contributed by atoms with Gasteiger partial charge in [-0.15, -0.1) is 0 Å². The molecule has 0 aromatic heterocycles. The van der Waals surface area contributed by atoms with Gasteiger partial charge in [-0.2, -0.15) is 0 Å². The van der Waals surface area contributed by atoms with Crippen LogP contribution in [0, 0.1) is 17.8 Å². The van der Waals surface area contributed by atoms with Gasteiger partial charge >= 0.3 is 0 Å². The molecule has 1 saturated carbocycles. The smallest absolute Gasteiger partial charge is 0.163 e. The van der Waals surface area contributed by atoms with E-state index in [0.717, 1.165) is 49.7 Å². The van der Waals surface area contributed by atoms with E-state index >= 15 is 0 Å². The number of rotatable bonds is 1. The second-order valence-corrected chi connectivity index (χ2v) is 11.1. The van der Waals surface area contributed by atoms with Crippen molar-refractivity contribution < 1.29 is 218 Å². The molecule has 49 heavy (non-hydrogen) atoms. The molecule has 255 valence electrons. The zero-order chi connectivity index (χ0) is 25.8. The summed E-state index contributed by atoms with van der Waals surface area (Å²) >= 11 is 0. The second-order valence-electron chi connectivity index (χ2n) is 11.1. The van der Waals surface area contributed by atoms with Crippen molar-refractivity contribution in [3.05, 3.63) is 88.5 Å². The Morgan fingerprint density at radius 1 is 0.592 bits per heavy atom. The van der Waals surface area contributed by atoms with Gasteiger partial charge in [0.05, 0.1) is 0 Å². The van der Waals surface area contributed by atoms with E-state index in [-0.39, 0.29) is 216 Å². The molecule has 0 aliphatic heterocycles. The Kier molecular flexibility index (Phi) is 51.1. The average molecular weight is 1070 g/mol. The Morgan fingerprint density at radius 2 is 1.14 bits per heavy atom. The molecule has 3 unspecified atom stereocenters. The first-order valence-corrected chi connectivity index (χ1v) is 14.2. The van der Waals surface area contributed by atoms with Crippen LogP contribution in [0.25, 0.3) is 5.57 Å². The minimum absolute atomic E-state index is 0. The molecule has 4 nitrogen and oxygen atoms in total. The first-order chi connectivity index (χ1) is 18.0. The van der Waals surface area contributed by atoms with Crippen LogP contribution in [0.1, 0.15) is 91.8 Å². The Balaban J connectivity index is -0.0000000812. The maximum atomic E-state index is 12.3. The molecule has 5 aliphatic carbocycles. The number of carbonyl (C=O) groups is 3. The van der Waals surface area contributed by atoms with E-state index in [9.17, 15) is 14.4 Å². The van der Waals surface area contributed by atoms with E-state index in [2.05, 4.69) is 24.3 Å². The number of allylic oxidation sites excluding steroid dienone is 4. The second kappa shape index (κ2) is 35.7. The zero-order valence-electron chi connectivity index (χ0n) is 27.6. The summed E-state index contributed by atoms with van der Waals surface area (Å²) in [6, 6.07) is 16.5. The van der Waals surface area contributed by atoms with Crippen molar-refractivity contribution in [3.63, 3.8) is 0 Å². The summed E-state index contributed by atoms with van der Waals surface area (Å²) < 4.78 is 0. The van der Waals surface area contributed by atoms with Crippen molar-refractivity contribution in [3.8, 4) is 0 Å². The summed E-state index contributed by atoms with van der Waals surface area (Å²) in [6.07, 6.45) is 16.2. The van der Waals surface area contributed by atoms with Crippen molar-refractivity contribution in [1.29, 1.82) is 0 Å². The summed E-state index contributed by atoms with van der Waals surface area (Å²) in [4.78, 5) is 34.1. The fourth-order valence-corrected chi connectivity index (χ4v) is 6.97. The first-order valence-electron chi connectivity index (χ1n) is 14.2. The van der Waals surface area contributed by atoms with Crippen LogP contribution in [-0.2, 0) is 227 Å². The fraction of sp³-hybridized carbons (Fsp3) is 0.441. The summed E-state index contributed by atoms with van der Waals surface area (Å²) in [6.45, 7) is 1.64. The molecule has 0 bridgehead atoms. The molecule has 0 saturated heterocycles. The number of aryl methyl sites for hydroxylation is 2. The number of carbonyl (C=O) groups excluding carboxylic acids is 3. The predicted molar refractivity (Wildman–Crippen MR) is 153 cm³/mol. The number of hydrogen-bond donors (Lipinski definition) is 1. The molecule has 3 N–H and O–H groups in total. The van der Waals surface area contributed by atoms with E-state index < -0.39 is 0 Å². The van der Waals surface area contributed by atoms with Crippen LogP contribution < -0.4 is 6.15 Å². The van der Waals surface area contributed by atoms with Crippen LogP contribution in [-0.4, -0.2) is 17.3 Å². The number of Topliss-reactive ketones (excluding diaryl/α,β-unsaturated/α-hetero) is 2. The van der Waals surface area contributed by atoms with E-state index in [1.165, 1.54) is 54.4 Å². The number of fused-ring (bicyclic) bond motifs is 6. The van der Waals surface area contributed by atoms with Gasteiger partial charge in [-0.25, -0.2) is 0 Å². The monoisotopic (exact) mass is 1070 g/mol. The average Bonchev–Trinajstić information content (AvgIpc) is 3.63. The molecule has 2 aromatic carbocycles. The van der Waals surface area contributed by atoms with Crippen LogP contribution in [0.4, 0.5) is 0 Å². The van der Waals surface area contributed by atoms with E-state index in [0.29, 0.717) is 29.3 Å². The van der Waals surface area contributed by atoms with Gasteiger partial charge in [0.25, 0.3) is 0 Å². The van der Waals surface area contributed by atoms with Gasteiger partial charge in [0.15, 0.2) is 17.3 Å². The maximum Gasteiger partial charge on any atom is 0.163 e. The molecule has 1 fully saturated rings. The van der Waals surface area contributed by atoms with Gasteiger partial charge in [0.1, 0.15) is 0 Å². The normalized spacial score (nSPS) is 18.9. The summed E-state index contributed by atoms with van der Waals surface area (Å²) in [5.41, 5.74) is 7.34. The minimum atomic E-state index is 0. The van der Waals surface area contributed by atoms with Gasteiger partial charge in [-0.3, -0.25) is 14.4 Å². The van der Waals surface area contributed by atoms with Crippen molar-refractivity contribution in [2.75, 3.05) is 0 Å². The Bertz CT molecular complexity index is 1290. The first kappa shape index (κ1) is 70.2. The molecule has 3 atom stereocenters. The number of ketones is 3. The zero-order valence-corrected chi connectivity index (χ0v) is 43.0. The largest absolute Gasteiger partial charge is 0.344 e. The third-order valence-corrected chi connectivity index (χ3v) is 8.86. The van der Waals surface area contributed by atoms with E-state index in [1.54, 1.807) is 6.92 Å². The Morgan fingerprint density at radius 3 is 1.65 bits per heavy atom. The third-order valence-electron chi connectivity index (χ3n) is 8.86. The third kappa shape index (κ3) is 18.9. The Hall–Kier alpha value is 3.32. The molecule has 15 heteroatoms. The fourth-order valence-electron chi connectivity index (χ4n) is 6.97. The van der Waals surface area contributed by atoms with Crippen molar-refractivity contribution in [1.82, 2.24) is 6.15 Å². The van der Waals surface area contributed by atoms with Gasteiger partial charge in [0, 0.05) is 222 Å². The van der Waals surface area contributed by atoms with Gasteiger partial charge in [-0.1, -0.05) is 61.0 Å². The van der Waals surface area contributed by atoms with Crippen LogP contribution in [0.5, 0.6) is 0 Å². The SMILES string of the molecule is CC(=O)C1=CCCC1.N.O=C1C=C2c3ccccc3CCC2C2CCCC12.O=C1CCCc2ccccc21.[V].[V].[V].[V].[V].[V].[V].[V].[V].[V].[V]. The van der Waals surface area contributed by atoms with Crippen LogP contribution in [0.2, 0.25) is 0 Å². The molecular weight excluding hydrogens is 1030 g/mol. The standard InChI is InChI=1S/C17H18O.C10H10O.C7H10O.H3N.11V/c18-17-10-16-12-5-2-1-4-11(12)8-9-14(16)13-6-3-7-15(13)17;11-10-7-3-5-8-4-1-2-6-9(8)10;1-6(8)7-4-2-3-5-7;;;;;;;;;;;;/h1-2,4-5,10,13-15H,3,6-9H2;1-2,4,6H,3,5,7H2;4H,2-3,5H2,1H3;1H3;;;;;;;;;;;. The maximum absolute atomic E-state index is 12.3. The summed E-state index contributed by atoms with van der Waals surface area (Å²) in [5.74, 6) is 2.62. The van der Waals surface area contributed by atoms with Crippen LogP contribution >= 0.6 is 0 Å². The van der Waals surface area contributed by atoms with Gasteiger partial charge < -0.3 is 6.15 Å². The molecule has 0 heterocycles. The minimum Gasteiger partial charge on any atom is -0.344 e. The molecule has 2 aromatic rings. The molecule has 0 spiro atoms. The summed E-state index contributed by atoms with van der Waals surface area (Å²) in [5, 5.41) is 0. The molecule has 5 aliphatic rings. The molecular formula is C34H41NO3V11. The van der Waals surface area contributed by atoms with Crippen molar-refractivity contribution in [2.24, 2.45) is 17.8 Å². The summed E-state index contributed by atoms with van der Waals surface area (Å²) in [7, 11) is 0.